The maximum absolute atomic E-state index is 12.8. The standard InChI is InChI=1S/C19H18N2O5S/c1-13(20-17(22)12-26-14-8-4-3-5-9-14)18-19(23)15-10-6-7-11-16(15)27(24,25)21(18)2/h3-11H,12H2,1-2H3,(H,20,22)/b18-13-. The molecule has 0 fully saturated rings. The average molecular weight is 386 g/mol. The van der Waals surface area contributed by atoms with Gasteiger partial charge in [0, 0.05) is 18.3 Å². The first-order valence-corrected chi connectivity index (χ1v) is 9.57. The number of sulfonamides is 1. The Labute approximate surface area is 157 Å². The molecular formula is C19H18N2O5S. The van der Waals surface area contributed by atoms with Gasteiger partial charge in [0.1, 0.15) is 11.4 Å². The molecule has 140 valence electrons. The quantitative estimate of drug-likeness (QED) is 0.811. The first-order chi connectivity index (χ1) is 12.8. The van der Waals surface area contributed by atoms with Gasteiger partial charge in [-0.3, -0.25) is 13.9 Å². The summed E-state index contributed by atoms with van der Waals surface area (Å²) >= 11 is 0. The van der Waals surface area contributed by atoms with Crippen LogP contribution in [0.15, 0.2) is 70.9 Å². The zero-order valence-corrected chi connectivity index (χ0v) is 15.6. The van der Waals surface area contributed by atoms with Crippen LogP contribution in [0.5, 0.6) is 5.75 Å². The van der Waals surface area contributed by atoms with Gasteiger partial charge in [0.2, 0.25) is 5.78 Å². The number of rotatable bonds is 4. The van der Waals surface area contributed by atoms with Gasteiger partial charge in [-0.2, -0.15) is 0 Å². The molecule has 2 aromatic rings. The Hall–Kier alpha value is -3.13. The number of para-hydroxylation sites is 1. The number of nitrogens with one attached hydrogen (secondary N) is 1. The highest BCUT2D eigenvalue weighted by Gasteiger charge is 2.38. The minimum atomic E-state index is -3.87. The zero-order chi connectivity index (χ0) is 19.6. The third-order valence-corrected chi connectivity index (χ3v) is 5.91. The van der Waals surface area contributed by atoms with Gasteiger partial charge >= 0.3 is 0 Å². The average Bonchev–Trinajstić information content (AvgIpc) is 2.66. The Kier molecular flexibility index (Phi) is 5.00. The Balaban J connectivity index is 1.84. The van der Waals surface area contributed by atoms with Crippen LogP contribution in [0, 0.1) is 0 Å². The van der Waals surface area contributed by atoms with Gasteiger partial charge in [-0.15, -0.1) is 0 Å². The number of carbonyl (C=O) groups is 2. The van der Waals surface area contributed by atoms with Crippen LogP contribution in [0.4, 0.5) is 0 Å². The number of hydrogen-bond donors (Lipinski definition) is 1. The maximum Gasteiger partial charge on any atom is 0.264 e. The van der Waals surface area contributed by atoms with Gasteiger partial charge in [-0.1, -0.05) is 30.3 Å². The van der Waals surface area contributed by atoms with Gasteiger partial charge in [-0.25, -0.2) is 8.42 Å². The molecule has 1 aliphatic rings. The summed E-state index contributed by atoms with van der Waals surface area (Å²) in [7, 11) is -2.58. The van der Waals surface area contributed by atoms with Gasteiger partial charge in [-0.05, 0) is 31.2 Å². The number of fused-ring (bicyclic) bond motifs is 1. The Morgan fingerprint density at radius 1 is 1.07 bits per heavy atom. The van der Waals surface area contributed by atoms with Crippen molar-refractivity contribution >= 4 is 21.7 Å². The van der Waals surface area contributed by atoms with Gasteiger partial charge in [0.05, 0.1) is 4.90 Å². The first kappa shape index (κ1) is 18.7. The van der Waals surface area contributed by atoms with E-state index < -0.39 is 21.7 Å². The Morgan fingerprint density at radius 2 is 1.70 bits per heavy atom. The van der Waals surface area contributed by atoms with Crippen molar-refractivity contribution in [1.82, 2.24) is 9.62 Å². The van der Waals surface area contributed by atoms with Gasteiger partial charge < -0.3 is 10.1 Å². The van der Waals surface area contributed by atoms with E-state index in [1.807, 2.05) is 6.07 Å². The number of likely N-dealkylation sites (N-methyl/N-ethyl adjacent to an activating group) is 1. The molecule has 2 aromatic carbocycles. The fraction of sp³-hybridized carbons (Fsp3) is 0.158. The number of allylic oxidation sites excluding steroid dienone is 2. The lowest BCUT2D eigenvalue weighted by Crippen LogP contribution is -2.39. The predicted molar refractivity (Wildman–Crippen MR) is 98.5 cm³/mol. The highest BCUT2D eigenvalue weighted by molar-refractivity contribution is 7.89. The van der Waals surface area contributed by atoms with E-state index in [4.69, 9.17) is 4.74 Å². The van der Waals surface area contributed by atoms with E-state index in [1.165, 1.54) is 26.1 Å². The second-order valence-corrected chi connectivity index (χ2v) is 7.86. The van der Waals surface area contributed by atoms with Crippen molar-refractivity contribution in [1.29, 1.82) is 0 Å². The normalized spacial score (nSPS) is 17.1. The molecule has 0 saturated carbocycles. The zero-order valence-electron chi connectivity index (χ0n) is 14.8. The summed E-state index contributed by atoms with van der Waals surface area (Å²) in [6.45, 7) is 1.21. The summed E-state index contributed by atoms with van der Waals surface area (Å²) < 4.78 is 31.6. The lowest BCUT2D eigenvalue weighted by molar-refractivity contribution is -0.122. The molecule has 0 bridgehead atoms. The van der Waals surface area contributed by atoms with Gasteiger partial charge in [0.25, 0.3) is 15.9 Å². The van der Waals surface area contributed by atoms with Crippen molar-refractivity contribution in [2.24, 2.45) is 0 Å². The van der Waals surface area contributed by atoms with Crippen LogP contribution < -0.4 is 10.1 Å². The Bertz CT molecular complexity index is 1030. The third kappa shape index (κ3) is 3.56. The number of amides is 1. The molecular weight excluding hydrogens is 368 g/mol. The summed E-state index contributed by atoms with van der Waals surface area (Å²) in [6.07, 6.45) is 0. The second-order valence-electron chi connectivity index (χ2n) is 5.92. The van der Waals surface area contributed by atoms with Gasteiger partial charge in [0.15, 0.2) is 6.61 Å². The largest absolute Gasteiger partial charge is 0.484 e. The Morgan fingerprint density at radius 3 is 2.41 bits per heavy atom. The number of ether oxygens (including phenoxy) is 1. The van der Waals surface area contributed by atoms with Crippen LogP contribution in [-0.4, -0.2) is 38.1 Å². The minimum absolute atomic E-state index is 0.0483. The number of benzene rings is 2. The third-order valence-electron chi connectivity index (χ3n) is 4.10. The van der Waals surface area contributed by atoms with E-state index in [0.717, 1.165) is 4.31 Å². The van der Waals surface area contributed by atoms with E-state index in [0.29, 0.717) is 5.75 Å². The molecule has 7 nitrogen and oxygen atoms in total. The van der Waals surface area contributed by atoms with Crippen molar-refractivity contribution in [3.05, 3.63) is 71.6 Å². The van der Waals surface area contributed by atoms with E-state index in [9.17, 15) is 18.0 Å². The molecule has 1 aliphatic heterocycles. The van der Waals surface area contributed by atoms with Crippen LogP contribution in [0.3, 0.4) is 0 Å². The molecule has 0 atom stereocenters. The molecule has 0 aliphatic carbocycles. The van der Waals surface area contributed by atoms with Crippen molar-refractivity contribution in [3.8, 4) is 5.75 Å². The summed E-state index contributed by atoms with van der Waals surface area (Å²) in [4.78, 5) is 24.9. The summed E-state index contributed by atoms with van der Waals surface area (Å²) in [6, 6.07) is 14.8. The van der Waals surface area contributed by atoms with Crippen LogP contribution in [0.25, 0.3) is 0 Å². The molecule has 0 spiro atoms. The predicted octanol–water partition coefficient (Wildman–Crippen LogP) is 1.93. The van der Waals surface area contributed by atoms with Crippen LogP contribution in [0.1, 0.15) is 17.3 Å². The number of ketones is 1. The maximum atomic E-state index is 12.8. The van der Waals surface area contributed by atoms with Crippen molar-refractivity contribution in [3.63, 3.8) is 0 Å². The second kappa shape index (κ2) is 7.24. The molecule has 3 rings (SSSR count). The molecule has 1 N–H and O–H groups in total. The molecule has 1 heterocycles. The fourth-order valence-electron chi connectivity index (χ4n) is 2.79. The number of hydrogen-bond acceptors (Lipinski definition) is 5. The van der Waals surface area contributed by atoms with Crippen LogP contribution >= 0.6 is 0 Å². The molecule has 0 aromatic heterocycles. The highest BCUT2D eigenvalue weighted by Crippen LogP contribution is 2.31. The summed E-state index contributed by atoms with van der Waals surface area (Å²) in [5.74, 6) is -0.439. The van der Waals surface area contributed by atoms with E-state index in [1.54, 1.807) is 36.4 Å². The molecule has 0 saturated heterocycles. The number of nitrogens with zero attached hydrogens (tertiary/aromatic N) is 1. The van der Waals surface area contributed by atoms with Crippen molar-refractivity contribution in [2.75, 3.05) is 13.7 Å². The number of carbonyl (C=O) groups excluding carboxylic acids is 2. The van der Waals surface area contributed by atoms with Crippen LogP contribution in [-0.2, 0) is 14.8 Å². The topological polar surface area (TPSA) is 92.8 Å². The highest BCUT2D eigenvalue weighted by atomic mass is 32.2. The molecule has 27 heavy (non-hydrogen) atoms. The molecule has 0 unspecified atom stereocenters. The van der Waals surface area contributed by atoms with Crippen molar-refractivity contribution < 1.29 is 22.7 Å². The smallest absolute Gasteiger partial charge is 0.264 e. The monoisotopic (exact) mass is 386 g/mol. The fourth-order valence-corrected chi connectivity index (χ4v) is 4.24. The lowest BCUT2D eigenvalue weighted by Gasteiger charge is -2.29. The van der Waals surface area contributed by atoms with E-state index in [-0.39, 0.29) is 28.5 Å². The summed E-state index contributed by atoms with van der Waals surface area (Å²) in [5, 5.41) is 2.54. The molecule has 8 heteroatoms. The minimum Gasteiger partial charge on any atom is -0.484 e. The molecule has 0 radical (unpaired) electrons. The van der Waals surface area contributed by atoms with Crippen molar-refractivity contribution in [2.45, 2.75) is 11.8 Å². The first-order valence-electron chi connectivity index (χ1n) is 8.13. The number of Topliss-reactive ketones (excluding diaryl/α,β-unsaturated/α-hetero) is 1. The van der Waals surface area contributed by atoms with Crippen LogP contribution in [0.2, 0.25) is 0 Å². The van der Waals surface area contributed by atoms with E-state index >= 15 is 0 Å². The summed E-state index contributed by atoms with van der Waals surface area (Å²) in [5.41, 5.74) is 0.128. The lowest BCUT2D eigenvalue weighted by atomic mass is 10.1. The molecule has 1 amide bonds. The van der Waals surface area contributed by atoms with E-state index in [2.05, 4.69) is 5.32 Å². The SMILES string of the molecule is C/C(NC(=O)COc1ccccc1)=C1\C(=O)c2ccccc2S(=O)(=O)N1C.